The minimum Gasteiger partial charge on any atom is -0.398 e. The first kappa shape index (κ1) is 9.09. The van der Waals surface area contributed by atoms with Gasteiger partial charge in [0.2, 0.25) is 0 Å². The largest absolute Gasteiger partial charge is 0.398 e. The normalized spacial score (nSPS) is 12.3. The van der Waals surface area contributed by atoms with E-state index in [4.69, 9.17) is 17.3 Å². The molecule has 0 aliphatic carbocycles. The molecule has 2 heterocycles. The number of hydrogen-bond acceptors (Lipinski definition) is 2. The molecule has 0 saturated carbocycles. The molecule has 0 spiro atoms. The number of hydrogen-bond donors (Lipinski definition) is 2. The number of nitrogens with zero attached hydrogens (tertiary/aromatic N) is 1. The molecule has 0 aliphatic rings. The first-order chi connectivity index (χ1) is 6.74. The minimum absolute atomic E-state index is 0.644. The molecule has 0 aliphatic heterocycles. The number of fused-ring (bicyclic) bond motifs is 1. The molecule has 4 heteroatoms. The third kappa shape index (κ3) is 1.26. The average molecular weight is 208 g/mol. The molecular weight excluding hydrogens is 198 g/mol. The summed E-state index contributed by atoms with van der Waals surface area (Å²) in [5.74, 6) is 0. The summed E-state index contributed by atoms with van der Waals surface area (Å²) >= 11 is 6.18. The minimum atomic E-state index is 0.644. The van der Waals surface area contributed by atoms with Gasteiger partial charge in [-0.15, -0.1) is 0 Å². The Morgan fingerprint density at radius 2 is 2.43 bits per heavy atom. The molecule has 0 bridgehead atoms. The molecule has 14 heavy (non-hydrogen) atoms. The number of halogens is 1. The van der Waals surface area contributed by atoms with Crippen LogP contribution in [-0.2, 0) is 0 Å². The summed E-state index contributed by atoms with van der Waals surface area (Å²) in [6.45, 7) is 1.87. The fourth-order valence-corrected chi connectivity index (χ4v) is 1.64. The molecule has 0 fully saturated rings. The highest BCUT2D eigenvalue weighted by Crippen LogP contribution is 2.27. The van der Waals surface area contributed by atoms with Crippen LogP contribution >= 0.6 is 11.6 Å². The second-order valence-electron chi connectivity index (χ2n) is 2.97. The summed E-state index contributed by atoms with van der Waals surface area (Å²) in [5, 5.41) is 1.54. The fraction of sp³-hybridized carbons (Fsp3) is 0.100. The highest BCUT2D eigenvalue weighted by Gasteiger charge is 2.08. The molecule has 3 N–H and O–H groups in total. The van der Waals surface area contributed by atoms with Crippen molar-refractivity contribution in [3.63, 3.8) is 0 Å². The Morgan fingerprint density at radius 1 is 1.64 bits per heavy atom. The molecular formula is C10H10ClN3. The quantitative estimate of drug-likeness (QED) is 0.755. The lowest BCUT2D eigenvalue weighted by Crippen LogP contribution is -1.97. The van der Waals surface area contributed by atoms with E-state index >= 15 is 0 Å². The number of nitrogens with one attached hydrogen (secondary N) is 1. The van der Waals surface area contributed by atoms with Crippen LogP contribution in [0.15, 0.2) is 24.5 Å². The summed E-state index contributed by atoms with van der Waals surface area (Å²) in [7, 11) is 0. The van der Waals surface area contributed by atoms with Crippen molar-refractivity contribution >= 4 is 28.3 Å². The zero-order chi connectivity index (χ0) is 10.1. The van der Waals surface area contributed by atoms with Crippen LogP contribution in [-0.4, -0.2) is 9.97 Å². The maximum Gasteiger partial charge on any atom is 0.138 e. The van der Waals surface area contributed by atoms with Crippen LogP contribution in [0.5, 0.6) is 0 Å². The van der Waals surface area contributed by atoms with Gasteiger partial charge in [0, 0.05) is 29.0 Å². The van der Waals surface area contributed by atoms with Crippen molar-refractivity contribution in [3.8, 4) is 0 Å². The van der Waals surface area contributed by atoms with E-state index < -0.39 is 0 Å². The first-order valence-corrected chi connectivity index (χ1v) is 4.65. The van der Waals surface area contributed by atoms with E-state index in [0.717, 1.165) is 16.6 Å². The van der Waals surface area contributed by atoms with Gasteiger partial charge in [0.1, 0.15) is 5.65 Å². The summed E-state index contributed by atoms with van der Waals surface area (Å²) in [6.07, 6.45) is 5.29. The van der Waals surface area contributed by atoms with Gasteiger partial charge in [0.15, 0.2) is 0 Å². The molecule has 2 aromatic heterocycles. The maximum absolute atomic E-state index is 6.18. The van der Waals surface area contributed by atoms with E-state index in [1.54, 1.807) is 18.5 Å². The van der Waals surface area contributed by atoms with Crippen molar-refractivity contribution in [1.82, 2.24) is 9.97 Å². The van der Waals surface area contributed by atoms with Gasteiger partial charge < -0.3 is 10.7 Å². The Labute approximate surface area is 86.6 Å². The highest BCUT2D eigenvalue weighted by atomic mass is 35.5. The Kier molecular flexibility index (Phi) is 2.17. The van der Waals surface area contributed by atoms with Crippen LogP contribution in [0.1, 0.15) is 12.5 Å². The van der Waals surface area contributed by atoms with Crippen LogP contribution in [0, 0.1) is 0 Å². The van der Waals surface area contributed by atoms with Crippen LogP contribution in [0.3, 0.4) is 0 Å². The van der Waals surface area contributed by atoms with Gasteiger partial charge in [-0.1, -0.05) is 17.7 Å². The number of aromatic amines is 1. The number of nitrogens with two attached hydrogens (primary N) is 1. The van der Waals surface area contributed by atoms with E-state index in [0.29, 0.717) is 10.7 Å². The second-order valence-corrected chi connectivity index (χ2v) is 3.35. The zero-order valence-corrected chi connectivity index (χ0v) is 8.47. The zero-order valence-electron chi connectivity index (χ0n) is 7.71. The SMILES string of the molecule is C/C=C(\N)c1cnc2[nH]ccc2c1Cl. The molecule has 2 aromatic rings. The van der Waals surface area contributed by atoms with Gasteiger partial charge in [-0.25, -0.2) is 4.98 Å². The van der Waals surface area contributed by atoms with Crippen molar-refractivity contribution in [2.24, 2.45) is 5.73 Å². The molecule has 0 amide bonds. The van der Waals surface area contributed by atoms with Crippen molar-refractivity contribution in [3.05, 3.63) is 35.1 Å². The molecule has 0 unspecified atom stereocenters. The van der Waals surface area contributed by atoms with E-state index in [1.165, 1.54) is 0 Å². The lowest BCUT2D eigenvalue weighted by molar-refractivity contribution is 1.30. The van der Waals surface area contributed by atoms with E-state index in [-0.39, 0.29) is 0 Å². The van der Waals surface area contributed by atoms with E-state index in [2.05, 4.69) is 9.97 Å². The number of H-pyrrole nitrogens is 1. The summed E-state index contributed by atoms with van der Waals surface area (Å²) in [4.78, 5) is 7.20. The third-order valence-electron chi connectivity index (χ3n) is 2.14. The van der Waals surface area contributed by atoms with Crippen LogP contribution in [0.4, 0.5) is 0 Å². The molecule has 0 saturated heterocycles. The topological polar surface area (TPSA) is 54.7 Å². The van der Waals surface area contributed by atoms with Gasteiger partial charge in [0.05, 0.1) is 5.02 Å². The third-order valence-corrected chi connectivity index (χ3v) is 2.55. The van der Waals surface area contributed by atoms with Gasteiger partial charge in [-0.2, -0.15) is 0 Å². The van der Waals surface area contributed by atoms with Crippen molar-refractivity contribution in [1.29, 1.82) is 0 Å². The monoisotopic (exact) mass is 207 g/mol. The second kappa shape index (κ2) is 3.35. The standard InChI is InChI=1S/C10H10ClN3/c1-2-8(12)7-5-14-10-6(9(7)11)3-4-13-10/h2-5H,12H2,1H3,(H,13,14)/b8-2-. The van der Waals surface area contributed by atoms with Gasteiger partial charge in [-0.05, 0) is 13.0 Å². The summed E-state index contributed by atoms with van der Waals surface area (Å²) in [5.41, 5.74) is 7.98. The summed E-state index contributed by atoms with van der Waals surface area (Å²) < 4.78 is 0. The number of rotatable bonds is 1. The lowest BCUT2D eigenvalue weighted by atomic mass is 10.2. The number of aromatic nitrogens is 2. The van der Waals surface area contributed by atoms with E-state index in [9.17, 15) is 0 Å². The smallest absolute Gasteiger partial charge is 0.138 e. The Bertz CT molecular complexity index is 499. The highest BCUT2D eigenvalue weighted by molar-refractivity contribution is 6.36. The molecule has 0 radical (unpaired) electrons. The molecule has 3 nitrogen and oxygen atoms in total. The maximum atomic E-state index is 6.18. The summed E-state index contributed by atoms with van der Waals surface area (Å²) in [6, 6.07) is 1.89. The van der Waals surface area contributed by atoms with E-state index in [1.807, 2.05) is 13.0 Å². The molecule has 2 rings (SSSR count). The predicted molar refractivity (Wildman–Crippen MR) is 58.9 cm³/mol. The van der Waals surface area contributed by atoms with Crippen LogP contribution < -0.4 is 5.73 Å². The molecule has 0 atom stereocenters. The number of pyridine rings is 1. The average Bonchev–Trinajstić information content (AvgIpc) is 2.66. The first-order valence-electron chi connectivity index (χ1n) is 4.27. The predicted octanol–water partition coefficient (Wildman–Crippen LogP) is 2.54. The van der Waals surface area contributed by atoms with Crippen molar-refractivity contribution < 1.29 is 0 Å². The van der Waals surface area contributed by atoms with Crippen molar-refractivity contribution in [2.75, 3.05) is 0 Å². The van der Waals surface area contributed by atoms with Crippen molar-refractivity contribution in [2.45, 2.75) is 6.92 Å². The van der Waals surface area contributed by atoms with Crippen LogP contribution in [0.2, 0.25) is 5.02 Å². The number of allylic oxidation sites excluding steroid dienone is 1. The molecule has 0 aromatic carbocycles. The lowest BCUT2D eigenvalue weighted by Gasteiger charge is -2.03. The van der Waals surface area contributed by atoms with Crippen LogP contribution in [0.25, 0.3) is 16.7 Å². The Balaban J connectivity index is 2.74. The van der Waals surface area contributed by atoms with Gasteiger partial charge in [-0.3, -0.25) is 0 Å². The fourth-order valence-electron chi connectivity index (χ4n) is 1.33. The Hall–Kier alpha value is -1.48. The molecule has 72 valence electrons. The van der Waals surface area contributed by atoms with Gasteiger partial charge >= 0.3 is 0 Å². The van der Waals surface area contributed by atoms with Gasteiger partial charge in [0.25, 0.3) is 0 Å². The Morgan fingerprint density at radius 3 is 3.14 bits per heavy atom.